The molecule has 1 aromatic heterocycles. The first kappa shape index (κ1) is 26.0. The average Bonchev–Trinajstić information content (AvgIpc) is 3.62. The van der Waals surface area contributed by atoms with E-state index in [0.29, 0.717) is 28.3 Å². The molecule has 8 nitrogen and oxygen atoms in total. The summed E-state index contributed by atoms with van der Waals surface area (Å²) in [7, 11) is -3.06. The van der Waals surface area contributed by atoms with Crippen molar-refractivity contribution in [3.63, 3.8) is 0 Å². The monoisotopic (exact) mass is 525 g/mol. The first-order valence-electron chi connectivity index (χ1n) is 13.3. The van der Waals surface area contributed by atoms with Crippen LogP contribution in [-0.2, 0) is 14.5 Å². The lowest BCUT2D eigenvalue weighted by Crippen LogP contribution is -2.41. The number of aromatic nitrogens is 1. The number of benzene rings is 1. The highest BCUT2D eigenvalue weighted by Crippen LogP contribution is 2.54. The Kier molecular flexibility index (Phi) is 6.73. The summed E-state index contributed by atoms with van der Waals surface area (Å²) in [5, 5.41) is 2.99. The van der Waals surface area contributed by atoms with Crippen LogP contribution < -0.4 is 15.1 Å². The molecule has 37 heavy (non-hydrogen) atoms. The van der Waals surface area contributed by atoms with E-state index >= 15 is 0 Å². The standard InChI is InChI=1S/C28H39N5O3S/c1-20-19-33(16-17-36-20)25-7-5-6-24(30-25)31-26(34)22-9-8-21(37(29,35)27(2,3)4)18-23(22)32-14-12-28(10-11-28)13-15-32/h5-9,18,20,29H,10-17,19H2,1-4H3,(H,30,31,34)/t20-,37-/m1/s1. The lowest BCUT2D eigenvalue weighted by Gasteiger charge is -2.35. The molecule has 2 saturated heterocycles. The van der Waals surface area contributed by atoms with Gasteiger partial charge in [-0.25, -0.2) is 14.0 Å². The normalized spacial score (nSPS) is 23.0. The zero-order valence-corrected chi connectivity index (χ0v) is 23.2. The van der Waals surface area contributed by atoms with Gasteiger partial charge < -0.3 is 19.9 Å². The molecule has 1 amide bonds. The van der Waals surface area contributed by atoms with Crippen LogP contribution in [0.1, 0.15) is 63.7 Å². The number of anilines is 3. The van der Waals surface area contributed by atoms with Gasteiger partial charge in [0.15, 0.2) is 0 Å². The van der Waals surface area contributed by atoms with Crippen LogP contribution in [-0.4, -0.2) is 58.7 Å². The molecule has 1 spiro atoms. The lowest BCUT2D eigenvalue weighted by atomic mass is 9.93. The molecule has 0 unspecified atom stereocenters. The van der Waals surface area contributed by atoms with Gasteiger partial charge in [0.25, 0.3) is 5.91 Å². The minimum atomic E-state index is -3.06. The van der Waals surface area contributed by atoms with Crippen molar-refractivity contribution in [2.75, 3.05) is 47.9 Å². The van der Waals surface area contributed by atoms with E-state index in [0.717, 1.165) is 50.5 Å². The SMILES string of the molecule is C[C@@H]1CN(c2cccc(NC(=O)c3ccc([S@@](=N)(=O)C(C)(C)C)cc3N3CCC4(CC3)CC4)n2)CCO1. The van der Waals surface area contributed by atoms with Crippen molar-refractivity contribution in [1.29, 1.82) is 4.78 Å². The second-order valence-corrected chi connectivity index (χ2v) is 14.6. The molecule has 2 aromatic rings. The fraction of sp³-hybridized carbons (Fsp3) is 0.571. The molecule has 3 aliphatic rings. The number of rotatable bonds is 5. The van der Waals surface area contributed by atoms with Gasteiger partial charge in [-0.15, -0.1) is 0 Å². The molecule has 2 atom stereocenters. The molecule has 1 aromatic carbocycles. The van der Waals surface area contributed by atoms with Gasteiger partial charge in [-0.2, -0.15) is 0 Å². The Hall–Kier alpha value is -2.65. The number of hydrogen-bond donors (Lipinski definition) is 2. The van der Waals surface area contributed by atoms with Gasteiger partial charge in [-0.3, -0.25) is 4.79 Å². The number of amides is 1. The van der Waals surface area contributed by atoms with Crippen LogP contribution in [0.25, 0.3) is 0 Å². The Morgan fingerprint density at radius 1 is 1.11 bits per heavy atom. The van der Waals surface area contributed by atoms with E-state index in [9.17, 15) is 9.00 Å². The molecule has 0 bridgehead atoms. The average molecular weight is 526 g/mol. The number of carbonyl (C=O) groups excluding carboxylic acids is 1. The van der Waals surface area contributed by atoms with Crippen LogP contribution in [0.3, 0.4) is 0 Å². The van der Waals surface area contributed by atoms with Crippen LogP contribution in [0.15, 0.2) is 41.3 Å². The van der Waals surface area contributed by atoms with Gasteiger partial charge in [0.2, 0.25) is 0 Å². The molecule has 1 saturated carbocycles. The highest BCUT2D eigenvalue weighted by atomic mass is 32.2. The third kappa shape index (κ3) is 5.34. The number of ether oxygens (including phenoxy) is 1. The molecule has 1 aliphatic carbocycles. The first-order valence-corrected chi connectivity index (χ1v) is 14.9. The summed E-state index contributed by atoms with van der Waals surface area (Å²) in [6.45, 7) is 11.4. The van der Waals surface area contributed by atoms with Crippen molar-refractivity contribution in [3.8, 4) is 0 Å². The Morgan fingerprint density at radius 3 is 2.49 bits per heavy atom. The molecule has 0 radical (unpaired) electrons. The van der Waals surface area contributed by atoms with Gasteiger partial charge in [0.05, 0.1) is 33.7 Å². The van der Waals surface area contributed by atoms with Crippen molar-refractivity contribution in [3.05, 3.63) is 42.0 Å². The minimum absolute atomic E-state index is 0.134. The number of hydrogen-bond acceptors (Lipinski definition) is 7. The molecule has 3 heterocycles. The zero-order chi connectivity index (χ0) is 26.4. The largest absolute Gasteiger partial charge is 0.375 e. The number of nitrogens with one attached hydrogen (secondary N) is 2. The van der Waals surface area contributed by atoms with E-state index in [1.54, 1.807) is 18.2 Å². The molecule has 2 aliphatic heterocycles. The highest BCUT2D eigenvalue weighted by molar-refractivity contribution is 7.93. The zero-order valence-electron chi connectivity index (χ0n) is 22.4. The highest BCUT2D eigenvalue weighted by Gasteiger charge is 2.44. The molecule has 200 valence electrons. The quantitative estimate of drug-likeness (QED) is 0.561. The summed E-state index contributed by atoms with van der Waals surface area (Å²) in [4.78, 5) is 23.2. The van der Waals surface area contributed by atoms with Crippen LogP contribution in [0.5, 0.6) is 0 Å². The van der Waals surface area contributed by atoms with E-state index in [2.05, 4.69) is 15.1 Å². The van der Waals surface area contributed by atoms with Crippen LogP contribution in [0, 0.1) is 10.2 Å². The number of carbonyl (C=O) groups is 1. The second kappa shape index (κ2) is 9.58. The second-order valence-electron chi connectivity index (χ2n) is 11.8. The number of morpholine rings is 1. The summed E-state index contributed by atoms with van der Waals surface area (Å²) in [6.07, 6.45) is 4.94. The van der Waals surface area contributed by atoms with Gasteiger partial charge in [-0.05, 0) is 89.1 Å². The number of nitrogens with zero attached hydrogens (tertiary/aromatic N) is 3. The summed E-state index contributed by atoms with van der Waals surface area (Å²) >= 11 is 0. The molecule has 9 heteroatoms. The van der Waals surface area contributed by atoms with Crippen molar-refractivity contribution in [1.82, 2.24) is 4.98 Å². The smallest absolute Gasteiger partial charge is 0.258 e. The Morgan fingerprint density at radius 2 is 1.84 bits per heavy atom. The van der Waals surface area contributed by atoms with Gasteiger partial charge in [-0.1, -0.05) is 6.07 Å². The maximum Gasteiger partial charge on any atom is 0.258 e. The summed E-state index contributed by atoms with van der Waals surface area (Å²) in [6, 6.07) is 10.9. The molecule has 5 rings (SSSR count). The molecule has 3 fully saturated rings. The van der Waals surface area contributed by atoms with Crippen molar-refractivity contribution in [2.45, 2.75) is 69.1 Å². The summed E-state index contributed by atoms with van der Waals surface area (Å²) < 4.78 is 27.1. The number of pyridine rings is 1. The number of piperidine rings is 1. The van der Waals surface area contributed by atoms with Crippen molar-refractivity contribution >= 4 is 33.0 Å². The third-order valence-electron chi connectivity index (χ3n) is 8.07. The van der Waals surface area contributed by atoms with E-state index in [1.807, 2.05) is 45.9 Å². The van der Waals surface area contributed by atoms with Gasteiger partial charge >= 0.3 is 0 Å². The Balaban J connectivity index is 1.43. The van der Waals surface area contributed by atoms with Crippen molar-refractivity contribution < 1.29 is 13.7 Å². The summed E-state index contributed by atoms with van der Waals surface area (Å²) in [5.74, 6) is 1.06. The van der Waals surface area contributed by atoms with Crippen molar-refractivity contribution in [2.24, 2.45) is 5.41 Å². The Bertz CT molecular complexity index is 1270. The fourth-order valence-corrected chi connectivity index (χ4v) is 6.52. The predicted octanol–water partition coefficient (Wildman–Crippen LogP) is 5.14. The maximum atomic E-state index is 13.6. The molecular weight excluding hydrogens is 486 g/mol. The summed E-state index contributed by atoms with van der Waals surface area (Å²) in [5.41, 5.74) is 1.77. The van der Waals surface area contributed by atoms with E-state index in [1.165, 1.54) is 12.8 Å². The minimum Gasteiger partial charge on any atom is -0.375 e. The van der Waals surface area contributed by atoms with E-state index in [4.69, 9.17) is 14.5 Å². The third-order valence-corrected chi connectivity index (χ3v) is 10.7. The van der Waals surface area contributed by atoms with Crippen LogP contribution in [0.4, 0.5) is 17.3 Å². The lowest BCUT2D eigenvalue weighted by molar-refractivity contribution is 0.0529. The van der Waals surface area contributed by atoms with E-state index < -0.39 is 14.5 Å². The van der Waals surface area contributed by atoms with Crippen LogP contribution >= 0.6 is 0 Å². The Labute approximate surface area is 220 Å². The predicted molar refractivity (Wildman–Crippen MR) is 148 cm³/mol. The van der Waals surface area contributed by atoms with E-state index in [-0.39, 0.29) is 12.0 Å². The molecular formula is C28H39N5O3S. The fourth-order valence-electron chi connectivity index (χ4n) is 5.28. The topological polar surface area (TPSA) is 98.6 Å². The maximum absolute atomic E-state index is 13.6. The van der Waals surface area contributed by atoms with Crippen LogP contribution in [0.2, 0.25) is 0 Å². The first-order chi connectivity index (χ1) is 17.5. The van der Waals surface area contributed by atoms with Gasteiger partial charge in [0, 0.05) is 35.8 Å². The molecule has 2 N–H and O–H groups in total. The van der Waals surface area contributed by atoms with Gasteiger partial charge in [0.1, 0.15) is 11.6 Å².